The van der Waals surface area contributed by atoms with Gasteiger partial charge in [-0.1, -0.05) is 23.7 Å². The molecule has 0 radical (unpaired) electrons. The van der Waals surface area contributed by atoms with Gasteiger partial charge in [0.1, 0.15) is 6.61 Å². The van der Waals surface area contributed by atoms with Crippen molar-refractivity contribution in [2.24, 2.45) is 0 Å². The molecule has 0 N–H and O–H groups in total. The van der Waals surface area contributed by atoms with E-state index in [0.29, 0.717) is 0 Å². The number of hydrogen-bond acceptors (Lipinski definition) is 4. The third kappa shape index (κ3) is 4.96. The Morgan fingerprint density at radius 2 is 1.84 bits per heavy atom. The molecule has 0 aromatic heterocycles. The minimum absolute atomic E-state index is 0.0264. The number of ether oxygens (including phenoxy) is 1. The van der Waals surface area contributed by atoms with E-state index >= 15 is 0 Å². The topological polar surface area (TPSA) is 60.4 Å². The summed E-state index contributed by atoms with van der Waals surface area (Å²) in [6.45, 7) is -0.414. The van der Waals surface area contributed by atoms with Crippen LogP contribution in [0.2, 0.25) is 5.02 Å². The van der Waals surface area contributed by atoms with Gasteiger partial charge in [0.15, 0.2) is 9.84 Å². The zero-order chi connectivity index (χ0) is 18.8. The number of halogens is 4. The Morgan fingerprint density at radius 1 is 1.16 bits per heavy atom. The van der Waals surface area contributed by atoms with Gasteiger partial charge in [-0.2, -0.15) is 13.2 Å². The molecule has 4 nitrogen and oxygen atoms in total. The Labute approximate surface area is 147 Å². The van der Waals surface area contributed by atoms with E-state index in [2.05, 4.69) is 0 Å². The number of carbonyl (C=O) groups is 1. The monoisotopic (exact) mass is 392 g/mol. The highest BCUT2D eigenvalue weighted by Gasteiger charge is 2.30. The molecule has 0 heterocycles. The second kappa shape index (κ2) is 7.05. The first-order valence-electron chi connectivity index (χ1n) is 6.81. The van der Waals surface area contributed by atoms with Gasteiger partial charge in [-0.15, -0.1) is 0 Å². The van der Waals surface area contributed by atoms with Crippen molar-refractivity contribution >= 4 is 27.4 Å². The molecule has 2 aromatic carbocycles. The molecule has 25 heavy (non-hydrogen) atoms. The van der Waals surface area contributed by atoms with E-state index < -0.39 is 34.2 Å². The standard InChI is InChI=1S/C16H12ClF3O4S/c1-25(22,23)12-5-6-14(17)13(8-12)15(21)24-9-10-3-2-4-11(7-10)16(18,19)20/h2-8H,9H2,1H3. The summed E-state index contributed by atoms with van der Waals surface area (Å²) in [6.07, 6.45) is -3.54. The molecule has 0 saturated carbocycles. The van der Waals surface area contributed by atoms with Gasteiger partial charge in [0.25, 0.3) is 0 Å². The van der Waals surface area contributed by atoms with Gasteiger partial charge < -0.3 is 4.74 Å². The summed E-state index contributed by atoms with van der Waals surface area (Å²) >= 11 is 5.86. The highest BCUT2D eigenvalue weighted by Crippen LogP contribution is 2.29. The molecule has 0 fully saturated rings. The predicted molar refractivity (Wildman–Crippen MR) is 85.1 cm³/mol. The first kappa shape index (κ1) is 19.3. The maximum atomic E-state index is 12.7. The number of alkyl halides is 3. The Morgan fingerprint density at radius 3 is 2.44 bits per heavy atom. The van der Waals surface area contributed by atoms with Crippen molar-refractivity contribution in [2.75, 3.05) is 6.26 Å². The molecule has 134 valence electrons. The number of sulfone groups is 1. The first-order chi connectivity index (χ1) is 11.5. The van der Waals surface area contributed by atoms with Gasteiger partial charge in [0, 0.05) is 6.26 Å². The zero-order valence-electron chi connectivity index (χ0n) is 12.8. The number of carbonyl (C=O) groups excluding carboxylic acids is 1. The molecule has 0 spiro atoms. The van der Waals surface area contributed by atoms with Crippen molar-refractivity contribution in [1.29, 1.82) is 0 Å². The van der Waals surface area contributed by atoms with Crippen molar-refractivity contribution in [3.8, 4) is 0 Å². The fourth-order valence-corrected chi connectivity index (χ4v) is 2.80. The van der Waals surface area contributed by atoms with E-state index in [1.807, 2.05) is 0 Å². The highest BCUT2D eigenvalue weighted by atomic mass is 35.5. The second-order valence-corrected chi connectivity index (χ2v) is 7.61. The van der Waals surface area contributed by atoms with Crippen molar-refractivity contribution in [3.05, 3.63) is 64.2 Å². The van der Waals surface area contributed by atoms with Crippen LogP contribution in [0.5, 0.6) is 0 Å². The van der Waals surface area contributed by atoms with Gasteiger partial charge in [0.05, 0.1) is 21.0 Å². The Kier molecular flexibility index (Phi) is 5.43. The van der Waals surface area contributed by atoms with Gasteiger partial charge in [-0.3, -0.25) is 0 Å². The zero-order valence-corrected chi connectivity index (χ0v) is 14.4. The maximum Gasteiger partial charge on any atom is 0.416 e. The Balaban J connectivity index is 2.19. The van der Waals surface area contributed by atoms with Crippen LogP contribution in [-0.2, 0) is 27.4 Å². The van der Waals surface area contributed by atoms with Crippen LogP contribution in [0.15, 0.2) is 47.4 Å². The minimum Gasteiger partial charge on any atom is -0.457 e. The van der Waals surface area contributed by atoms with Crippen molar-refractivity contribution in [3.63, 3.8) is 0 Å². The quantitative estimate of drug-likeness (QED) is 0.734. The minimum atomic E-state index is -4.51. The van der Waals surface area contributed by atoms with Crippen molar-refractivity contribution in [1.82, 2.24) is 0 Å². The third-order valence-electron chi connectivity index (χ3n) is 3.21. The number of hydrogen-bond donors (Lipinski definition) is 0. The summed E-state index contributed by atoms with van der Waals surface area (Å²) in [5.41, 5.74) is -0.909. The molecular formula is C16H12ClF3O4S. The van der Waals surface area contributed by atoms with Crippen molar-refractivity contribution < 1.29 is 31.1 Å². The summed E-state index contributed by atoms with van der Waals surface area (Å²) in [7, 11) is -3.56. The predicted octanol–water partition coefficient (Wildman–Crippen LogP) is 4.12. The largest absolute Gasteiger partial charge is 0.457 e. The van der Waals surface area contributed by atoms with Crippen LogP contribution in [0.3, 0.4) is 0 Å². The van der Waals surface area contributed by atoms with Crippen LogP contribution in [0, 0.1) is 0 Å². The molecule has 0 aliphatic rings. The lowest BCUT2D eigenvalue weighted by Crippen LogP contribution is -2.09. The molecule has 0 atom stereocenters. The van der Waals surface area contributed by atoms with Crippen LogP contribution in [0.25, 0.3) is 0 Å². The second-order valence-electron chi connectivity index (χ2n) is 5.19. The Bertz CT molecular complexity index is 908. The molecule has 2 aromatic rings. The molecular weight excluding hydrogens is 381 g/mol. The van der Waals surface area contributed by atoms with E-state index in [0.717, 1.165) is 24.5 Å². The number of esters is 1. The van der Waals surface area contributed by atoms with Crippen LogP contribution in [0.1, 0.15) is 21.5 Å². The molecule has 0 aliphatic carbocycles. The molecule has 0 aliphatic heterocycles. The maximum absolute atomic E-state index is 12.7. The highest BCUT2D eigenvalue weighted by molar-refractivity contribution is 7.90. The van der Waals surface area contributed by atoms with Gasteiger partial charge in [-0.25, -0.2) is 13.2 Å². The van der Waals surface area contributed by atoms with E-state index in [9.17, 15) is 26.4 Å². The van der Waals surface area contributed by atoms with Crippen LogP contribution in [0.4, 0.5) is 13.2 Å². The lowest BCUT2D eigenvalue weighted by molar-refractivity contribution is -0.137. The molecule has 0 bridgehead atoms. The lowest BCUT2D eigenvalue weighted by Gasteiger charge is -2.10. The van der Waals surface area contributed by atoms with E-state index in [1.54, 1.807) is 0 Å². The normalized spacial score (nSPS) is 12.0. The molecule has 0 unspecified atom stereocenters. The van der Waals surface area contributed by atoms with Gasteiger partial charge >= 0.3 is 12.1 Å². The smallest absolute Gasteiger partial charge is 0.416 e. The third-order valence-corrected chi connectivity index (χ3v) is 4.65. The SMILES string of the molecule is CS(=O)(=O)c1ccc(Cl)c(C(=O)OCc2cccc(C(F)(F)F)c2)c1. The summed E-state index contributed by atoms with van der Waals surface area (Å²) in [5, 5.41) is -0.0264. The number of benzene rings is 2. The van der Waals surface area contributed by atoms with Crippen molar-refractivity contribution in [2.45, 2.75) is 17.7 Å². The van der Waals surface area contributed by atoms with Crippen LogP contribution < -0.4 is 0 Å². The number of rotatable bonds is 4. The average Bonchev–Trinajstić information content (AvgIpc) is 2.51. The Hall–Kier alpha value is -2.06. The summed E-state index contributed by atoms with van der Waals surface area (Å²) in [4.78, 5) is 12.0. The molecule has 9 heteroatoms. The summed E-state index contributed by atoms with van der Waals surface area (Å²) in [5.74, 6) is -0.937. The molecule has 2 rings (SSSR count). The van der Waals surface area contributed by atoms with Gasteiger partial charge in [0.2, 0.25) is 0 Å². The average molecular weight is 393 g/mol. The fourth-order valence-electron chi connectivity index (χ4n) is 1.96. The first-order valence-corrected chi connectivity index (χ1v) is 9.08. The summed E-state index contributed by atoms with van der Waals surface area (Å²) < 4.78 is 66.0. The van der Waals surface area contributed by atoms with E-state index in [1.165, 1.54) is 24.3 Å². The van der Waals surface area contributed by atoms with Crippen LogP contribution >= 0.6 is 11.6 Å². The molecule has 0 amide bonds. The summed E-state index contributed by atoms with van der Waals surface area (Å²) in [6, 6.07) is 7.87. The lowest BCUT2D eigenvalue weighted by atomic mass is 10.1. The fraction of sp³-hybridized carbons (Fsp3) is 0.188. The van der Waals surface area contributed by atoms with E-state index in [-0.39, 0.29) is 21.0 Å². The van der Waals surface area contributed by atoms with E-state index in [4.69, 9.17) is 16.3 Å². The molecule has 0 saturated heterocycles. The van der Waals surface area contributed by atoms with Crippen LogP contribution in [-0.4, -0.2) is 20.6 Å². The van der Waals surface area contributed by atoms with Gasteiger partial charge in [-0.05, 0) is 35.9 Å².